The number of hydrogen-bond acceptors (Lipinski definition) is 7. The van der Waals surface area contributed by atoms with Crippen LogP contribution in [0.1, 0.15) is 23.2 Å². The van der Waals surface area contributed by atoms with Crippen molar-refractivity contribution >= 4 is 27.5 Å². The van der Waals surface area contributed by atoms with Gasteiger partial charge in [0.1, 0.15) is 0 Å². The van der Waals surface area contributed by atoms with Crippen molar-refractivity contribution in [2.24, 2.45) is 0 Å². The lowest BCUT2D eigenvalue weighted by atomic mass is 10.1. The number of benzene rings is 2. The van der Waals surface area contributed by atoms with Crippen molar-refractivity contribution < 1.29 is 22.5 Å². The summed E-state index contributed by atoms with van der Waals surface area (Å²) in [5, 5.41) is 6.71. The van der Waals surface area contributed by atoms with Crippen LogP contribution in [0.2, 0.25) is 0 Å². The fourth-order valence-corrected chi connectivity index (χ4v) is 4.98. The standard InChI is InChI=1S/C22H23N5O5S/c1-15-23-21(25-32-15)19-5-3-4-6-20(19)24-22(29)17-7-9-18(10-8-17)33(30,31)27-13-11-26(12-14-27)16(2)28/h3-10H,11-14H2,1-2H3,(H,24,29). The Balaban J connectivity index is 1.48. The Morgan fingerprint density at radius 2 is 1.67 bits per heavy atom. The van der Waals surface area contributed by atoms with Crippen LogP contribution in [0.25, 0.3) is 11.4 Å². The Bertz CT molecular complexity index is 1280. The highest BCUT2D eigenvalue weighted by atomic mass is 32.2. The van der Waals surface area contributed by atoms with Crippen molar-refractivity contribution in [3.63, 3.8) is 0 Å². The number of nitrogens with zero attached hydrogens (tertiary/aromatic N) is 4. The molecule has 4 rings (SSSR count). The van der Waals surface area contributed by atoms with Gasteiger partial charge in [-0.05, 0) is 36.4 Å². The van der Waals surface area contributed by atoms with Gasteiger partial charge in [-0.15, -0.1) is 0 Å². The largest absolute Gasteiger partial charge is 0.340 e. The minimum Gasteiger partial charge on any atom is -0.340 e. The Labute approximate surface area is 191 Å². The van der Waals surface area contributed by atoms with Gasteiger partial charge in [0.25, 0.3) is 5.91 Å². The second-order valence-corrected chi connectivity index (χ2v) is 9.51. The molecule has 172 valence electrons. The van der Waals surface area contributed by atoms with E-state index in [1.165, 1.54) is 35.5 Å². The average molecular weight is 470 g/mol. The average Bonchev–Trinajstić information content (AvgIpc) is 3.25. The molecule has 0 aliphatic carbocycles. The summed E-state index contributed by atoms with van der Waals surface area (Å²) < 4.78 is 32.3. The van der Waals surface area contributed by atoms with E-state index in [9.17, 15) is 18.0 Å². The van der Waals surface area contributed by atoms with E-state index in [2.05, 4.69) is 15.5 Å². The van der Waals surface area contributed by atoms with E-state index in [0.717, 1.165) is 0 Å². The summed E-state index contributed by atoms with van der Waals surface area (Å²) in [5.74, 6) is 0.292. The Morgan fingerprint density at radius 1 is 1.00 bits per heavy atom. The summed E-state index contributed by atoms with van der Waals surface area (Å²) in [5.41, 5.74) is 1.41. The number of sulfonamides is 1. The molecular weight excluding hydrogens is 446 g/mol. The van der Waals surface area contributed by atoms with Crippen LogP contribution < -0.4 is 5.32 Å². The fourth-order valence-electron chi connectivity index (χ4n) is 3.56. The lowest BCUT2D eigenvalue weighted by Gasteiger charge is -2.33. The Kier molecular flexibility index (Phi) is 6.25. The van der Waals surface area contributed by atoms with Crippen LogP contribution in [0.3, 0.4) is 0 Å². The number of piperazine rings is 1. The second-order valence-electron chi connectivity index (χ2n) is 7.57. The molecule has 0 unspecified atom stereocenters. The van der Waals surface area contributed by atoms with Crippen molar-refractivity contribution in [3.8, 4) is 11.4 Å². The smallest absolute Gasteiger partial charge is 0.255 e. The summed E-state index contributed by atoms with van der Waals surface area (Å²) in [6.07, 6.45) is 0. The first-order chi connectivity index (χ1) is 15.8. The molecule has 1 aliphatic heterocycles. The van der Waals surface area contributed by atoms with Crippen molar-refractivity contribution in [3.05, 3.63) is 60.0 Å². The van der Waals surface area contributed by atoms with Gasteiger partial charge in [-0.25, -0.2) is 8.42 Å². The van der Waals surface area contributed by atoms with Crippen molar-refractivity contribution in [1.82, 2.24) is 19.3 Å². The van der Waals surface area contributed by atoms with Gasteiger partial charge in [0.15, 0.2) is 0 Å². The van der Waals surface area contributed by atoms with Crippen LogP contribution in [-0.4, -0.2) is 65.8 Å². The molecule has 1 aliphatic rings. The first-order valence-corrected chi connectivity index (χ1v) is 11.8. The van der Waals surface area contributed by atoms with Gasteiger partial charge in [0.2, 0.25) is 27.6 Å². The maximum absolute atomic E-state index is 12.9. The van der Waals surface area contributed by atoms with Crippen LogP contribution >= 0.6 is 0 Å². The molecule has 3 aromatic rings. The lowest BCUT2D eigenvalue weighted by molar-refractivity contribution is -0.129. The van der Waals surface area contributed by atoms with E-state index in [0.29, 0.717) is 41.6 Å². The van der Waals surface area contributed by atoms with Crippen LogP contribution in [-0.2, 0) is 14.8 Å². The van der Waals surface area contributed by atoms with Crippen molar-refractivity contribution in [2.45, 2.75) is 18.7 Å². The second kappa shape index (κ2) is 9.12. The molecule has 1 aromatic heterocycles. The molecule has 1 saturated heterocycles. The van der Waals surface area contributed by atoms with Crippen LogP contribution in [0.15, 0.2) is 57.9 Å². The maximum Gasteiger partial charge on any atom is 0.255 e. The van der Waals surface area contributed by atoms with E-state index >= 15 is 0 Å². The van der Waals surface area contributed by atoms with Gasteiger partial charge >= 0.3 is 0 Å². The number of anilines is 1. The van der Waals surface area contributed by atoms with Gasteiger partial charge in [0, 0.05) is 51.2 Å². The predicted molar refractivity (Wildman–Crippen MR) is 120 cm³/mol. The number of rotatable bonds is 5. The van der Waals surface area contributed by atoms with Gasteiger partial charge in [-0.3, -0.25) is 9.59 Å². The molecule has 0 spiro atoms. The SMILES string of the molecule is CC(=O)N1CCN(S(=O)(=O)c2ccc(C(=O)Nc3ccccc3-c3noc(C)n3)cc2)CC1. The summed E-state index contributed by atoms with van der Waals surface area (Å²) in [6.45, 7) is 4.32. The molecule has 1 N–H and O–H groups in total. The van der Waals surface area contributed by atoms with E-state index < -0.39 is 15.9 Å². The van der Waals surface area contributed by atoms with E-state index in [1.54, 1.807) is 36.1 Å². The van der Waals surface area contributed by atoms with Crippen LogP contribution in [0.4, 0.5) is 5.69 Å². The minimum absolute atomic E-state index is 0.0709. The normalized spacial score (nSPS) is 14.8. The zero-order chi connectivity index (χ0) is 23.6. The molecule has 0 atom stereocenters. The quantitative estimate of drug-likeness (QED) is 0.607. The number of aromatic nitrogens is 2. The van der Waals surface area contributed by atoms with E-state index in [1.807, 2.05) is 0 Å². The summed E-state index contributed by atoms with van der Waals surface area (Å²) in [7, 11) is -3.72. The molecule has 0 bridgehead atoms. The minimum atomic E-state index is -3.72. The molecule has 0 saturated carbocycles. The van der Waals surface area contributed by atoms with Gasteiger partial charge in [-0.1, -0.05) is 17.3 Å². The first-order valence-electron chi connectivity index (χ1n) is 10.3. The lowest BCUT2D eigenvalue weighted by Crippen LogP contribution is -2.49. The Hall–Kier alpha value is -3.57. The van der Waals surface area contributed by atoms with Gasteiger partial charge < -0.3 is 14.7 Å². The zero-order valence-electron chi connectivity index (χ0n) is 18.2. The van der Waals surface area contributed by atoms with Crippen molar-refractivity contribution in [1.29, 1.82) is 0 Å². The number of carbonyl (C=O) groups excluding carboxylic acids is 2. The molecule has 1 fully saturated rings. The summed E-state index contributed by atoms with van der Waals surface area (Å²) in [6, 6.07) is 12.8. The number of amides is 2. The molecular formula is C22H23N5O5S. The number of hydrogen-bond donors (Lipinski definition) is 1. The fraction of sp³-hybridized carbons (Fsp3) is 0.273. The van der Waals surface area contributed by atoms with E-state index in [4.69, 9.17) is 4.52 Å². The van der Waals surface area contributed by atoms with Crippen molar-refractivity contribution in [2.75, 3.05) is 31.5 Å². The molecule has 33 heavy (non-hydrogen) atoms. The highest BCUT2D eigenvalue weighted by molar-refractivity contribution is 7.89. The maximum atomic E-state index is 12.9. The molecule has 2 amide bonds. The molecule has 0 radical (unpaired) electrons. The summed E-state index contributed by atoms with van der Waals surface area (Å²) >= 11 is 0. The third kappa shape index (κ3) is 4.78. The monoisotopic (exact) mass is 469 g/mol. The molecule has 2 aromatic carbocycles. The number of nitrogens with one attached hydrogen (secondary N) is 1. The van der Waals surface area contributed by atoms with Crippen LogP contribution in [0, 0.1) is 6.92 Å². The van der Waals surface area contributed by atoms with E-state index in [-0.39, 0.29) is 23.9 Å². The van der Waals surface area contributed by atoms with Gasteiger partial charge in [-0.2, -0.15) is 9.29 Å². The number of carbonyl (C=O) groups is 2. The predicted octanol–water partition coefficient (Wildman–Crippen LogP) is 2.15. The topological polar surface area (TPSA) is 126 Å². The zero-order valence-corrected chi connectivity index (χ0v) is 19.0. The Morgan fingerprint density at radius 3 is 2.27 bits per heavy atom. The number of aryl methyl sites for hydroxylation is 1. The number of para-hydroxylation sites is 1. The van der Waals surface area contributed by atoms with Crippen LogP contribution in [0.5, 0.6) is 0 Å². The summed E-state index contributed by atoms with van der Waals surface area (Å²) in [4.78, 5) is 30.2. The third-order valence-electron chi connectivity index (χ3n) is 5.38. The molecule has 2 heterocycles. The molecule has 10 nitrogen and oxygen atoms in total. The highest BCUT2D eigenvalue weighted by Gasteiger charge is 2.29. The highest BCUT2D eigenvalue weighted by Crippen LogP contribution is 2.26. The first kappa shape index (κ1) is 22.6. The molecule has 11 heteroatoms. The third-order valence-corrected chi connectivity index (χ3v) is 7.29. The van der Waals surface area contributed by atoms with Gasteiger partial charge in [0.05, 0.1) is 10.6 Å².